The third-order valence-corrected chi connectivity index (χ3v) is 5.85. The van der Waals surface area contributed by atoms with Gasteiger partial charge in [0, 0.05) is 16.7 Å². The summed E-state index contributed by atoms with van der Waals surface area (Å²) in [7, 11) is 1.63. The number of rotatable bonds is 7. The summed E-state index contributed by atoms with van der Waals surface area (Å²) in [4.78, 5) is 13.4. The lowest BCUT2D eigenvalue weighted by Crippen LogP contribution is -1.99. The van der Waals surface area contributed by atoms with Crippen molar-refractivity contribution in [2.75, 3.05) is 13.7 Å². The predicted octanol–water partition coefficient (Wildman–Crippen LogP) is 4.79. The van der Waals surface area contributed by atoms with Crippen molar-refractivity contribution in [3.8, 4) is 28.1 Å². The van der Waals surface area contributed by atoms with Crippen LogP contribution in [0.2, 0.25) is 0 Å². The minimum absolute atomic E-state index is 0.530. The van der Waals surface area contributed by atoms with E-state index in [0.29, 0.717) is 40.2 Å². The summed E-state index contributed by atoms with van der Waals surface area (Å²) in [6.45, 7) is 6.19. The lowest BCUT2D eigenvalue weighted by Gasteiger charge is -2.09. The van der Waals surface area contributed by atoms with Crippen molar-refractivity contribution in [2.24, 2.45) is 0 Å². The SMILES string of the molecule is CCOc1ccc(-c2nc(CSc3nc(C)nc(C)c3C#N)cs2)cc1OC. The number of thioether (sulfide) groups is 1. The molecule has 0 N–H and O–H groups in total. The standard InChI is InChI=1S/C20H20N4O2S2/c1-5-26-17-7-6-14(8-18(17)25-4)19-24-15(10-27-19)11-28-20-16(9-21)12(2)22-13(3)23-20/h6-8,10H,5,11H2,1-4H3. The van der Waals surface area contributed by atoms with E-state index in [2.05, 4.69) is 16.0 Å². The van der Waals surface area contributed by atoms with Crippen LogP contribution >= 0.6 is 23.1 Å². The zero-order valence-electron chi connectivity index (χ0n) is 16.1. The highest BCUT2D eigenvalue weighted by molar-refractivity contribution is 7.98. The van der Waals surface area contributed by atoms with E-state index in [0.717, 1.165) is 22.0 Å². The Kier molecular flexibility index (Phi) is 6.49. The number of nitrogens with zero attached hydrogens (tertiary/aromatic N) is 4. The molecule has 8 heteroatoms. The first-order chi connectivity index (χ1) is 13.5. The van der Waals surface area contributed by atoms with Crippen molar-refractivity contribution in [3.63, 3.8) is 0 Å². The maximum absolute atomic E-state index is 9.37. The van der Waals surface area contributed by atoms with Gasteiger partial charge in [0.15, 0.2) is 11.5 Å². The molecule has 144 valence electrons. The molecule has 0 aliphatic rings. The summed E-state index contributed by atoms with van der Waals surface area (Å²) < 4.78 is 11.0. The van der Waals surface area contributed by atoms with E-state index in [1.165, 1.54) is 11.8 Å². The first-order valence-electron chi connectivity index (χ1n) is 8.69. The third-order valence-electron chi connectivity index (χ3n) is 3.90. The lowest BCUT2D eigenvalue weighted by atomic mass is 10.2. The van der Waals surface area contributed by atoms with Crippen molar-refractivity contribution in [1.82, 2.24) is 15.0 Å². The second-order valence-electron chi connectivity index (χ2n) is 5.88. The van der Waals surface area contributed by atoms with Crippen molar-refractivity contribution < 1.29 is 9.47 Å². The topological polar surface area (TPSA) is 80.9 Å². The highest BCUT2D eigenvalue weighted by atomic mass is 32.2. The summed E-state index contributed by atoms with van der Waals surface area (Å²) in [6, 6.07) is 8.02. The summed E-state index contributed by atoms with van der Waals surface area (Å²) >= 11 is 3.08. The summed E-state index contributed by atoms with van der Waals surface area (Å²) in [5, 5.41) is 13.0. The largest absolute Gasteiger partial charge is 0.493 e. The van der Waals surface area contributed by atoms with Crippen LogP contribution in [0.3, 0.4) is 0 Å². The number of ether oxygens (including phenoxy) is 2. The number of thiazole rings is 1. The number of aryl methyl sites for hydroxylation is 2. The zero-order chi connectivity index (χ0) is 20.1. The van der Waals surface area contributed by atoms with Gasteiger partial charge >= 0.3 is 0 Å². The second-order valence-corrected chi connectivity index (χ2v) is 7.70. The van der Waals surface area contributed by atoms with E-state index in [1.54, 1.807) is 18.4 Å². The zero-order valence-corrected chi connectivity index (χ0v) is 17.8. The average Bonchev–Trinajstić information content (AvgIpc) is 3.15. The molecule has 0 saturated heterocycles. The Morgan fingerprint density at radius 2 is 2.00 bits per heavy atom. The van der Waals surface area contributed by atoms with E-state index in [9.17, 15) is 5.26 Å². The van der Waals surface area contributed by atoms with E-state index < -0.39 is 0 Å². The molecule has 0 aliphatic heterocycles. The first kappa shape index (κ1) is 20.1. The van der Waals surface area contributed by atoms with Gasteiger partial charge in [0.05, 0.1) is 25.1 Å². The van der Waals surface area contributed by atoms with Crippen LogP contribution in [0.4, 0.5) is 0 Å². The molecule has 2 heterocycles. The van der Waals surface area contributed by atoms with Gasteiger partial charge in [-0.2, -0.15) is 5.26 Å². The maximum atomic E-state index is 9.37. The monoisotopic (exact) mass is 412 g/mol. The fourth-order valence-electron chi connectivity index (χ4n) is 2.64. The number of aromatic nitrogens is 3. The van der Waals surface area contributed by atoms with Gasteiger partial charge in [-0.3, -0.25) is 0 Å². The Bertz CT molecular complexity index is 1030. The molecule has 0 amide bonds. The van der Waals surface area contributed by atoms with E-state index >= 15 is 0 Å². The van der Waals surface area contributed by atoms with E-state index in [-0.39, 0.29) is 0 Å². The fourth-order valence-corrected chi connectivity index (χ4v) is 4.53. The second kappa shape index (κ2) is 9.04. The molecule has 3 rings (SSSR count). The van der Waals surface area contributed by atoms with Crippen LogP contribution in [-0.4, -0.2) is 28.7 Å². The van der Waals surface area contributed by atoms with Gasteiger partial charge in [0.2, 0.25) is 0 Å². The number of methoxy groups -OCH3 is 1. The smallest absolute Gasteiger partial charge is 0.161 e. The quantitative estimate of drug-likeness (QED) is 0.408. The van der Waals surface area contributed by atoms with Crippen LogP contribution < -0.4 is 9.47 Å². The molecule has 0 atom stereocenters. The van der Waals surface area contributed by atoms with E-state index in [4.69, 9.17) is 14.5 Å². The first-order valence-corrected chi connectivity index (χ1v) is 10.6. The third kappa shape index (κ3) is 4.43. The number of hydrogen-bond donors (Lipinski definition) is 0. The Balaban J connectivity index is 1.78. The molecule has 0 bridgehead atoms. The Labute approximate surface area is 172 Å². The molecule has 0 fully saturated rings. The van der Waals surface area contributed by atoms with E-state index in [1.807, 2.05) is 44.4 Å². The van der Waals surface area contributed by atoms with Gasteiger partial charge in [-0.25, -0.2) is 15.0 Å². The number of benzene rings is 1. The summed E-state index contributed by atoms with van der Waals surface area (Å²) in [5.74, 6) is 2.71. The molecule has 0 radical (unpaired) electrons. The van der Waals surface area contributed by atoms with Crippen LogP contribution in [0.25, 0.3) is 10.6 Å². The minimum atomic E-state index is 0.530. The van der Waals surface area contributed by atoms with Gasteiger partial charge in [-0.1, -0.05) is 11.8 Å². The molecular formula is C20H20N4O2S2. The highest BCUT2D eigenvalue weighted by Gasteiger charge is 2.13. The van der Waals surface area contributed by atoms with Crippen molar-refractivity contribution >= 4 is 23.1 Å². The molecule has 2 aromatic heterocycles. The Morgan fingerprint density at radius 3 is 2.71 bits per heavy atom. The normalized spacial score (nSPS) is 10.5. The van der Waals surface area contributed by atoms with Crippen LogP contribution in [0, 0.1) is 25.2 Å². The van der Waals surface area contributed by atoms with Gasteiger partial charge in [-0.15, -0.1) is 11.3 Å². The predicted molar refractivity (Wildman–Crippen MR) is 111 cm³/mol. The molecule has 0 aliphatic carbocycles. The maximum Gasteiger partial charge on any atom is 0.161 e. The van der Waals surface area contributed by atoms with Gasteiger partial charge in [0.25, 0.3) is 0 Å². The summed E-state index contributed by atoms with van der Waals surface area (Å²) in [5.41, 5.74) is 3.16. The molecule has 0 spiro atoms. The number of nitriles is 1. The highest BCUT2D eigenvalue weighted by Crippen LogP contribution is 2.34. The summed E-state index contributed by atoms with van der Waals surface area (Å²) in [6.07, 6.45) is 0. The molecule has 3 aromatic rings. The fraction of sp³-hybridized carbons (Fsp3) is 0.300. The Morgan fingerprint density at radius 1 is 1.18 bits per heavy atom. The molecule has 28 heavy (non-hydrogen) atoms. The minimum Gasteiger partial charge on any atom is -0.493 e. The molecule has 0 unspecified atom stereocenters. The average molecular weight is 413 g/mol. The molecule has 0 saturated carbocycles. The van der Waals surface area contributed by atoms with Gasteiger partial charge in [0.1, 0.15) is 27.5 Å². The van der Waals surface area contributed by atoms with Gasteiger partial charge < -0.3 is 9.47 Å². The van der Waals surface area contributed by atoms with Gasteiger partial charge in [-0.05, 0) is 39.0 Å². The van der Waals surface area contributed by atoms with Crippen molar-refractivity contribution in [1.29, 1.82) is 5.26 Å². The van der Waals surface area contributed by atoms with Crippen LogP contribution in [-0.2, 0) is 5.75 Å². The molecule has 6 nitrogen and oxygen atoms in total. The van der Waals surface area contributed by atoms with Crippen molar-refractivity contribution in [2.45, 2.75) is 31.6 Å². The Hall–Kier alpha value is -2.63. The molecule has 1 aromatic carbocycles. The van der Waals surface area contributed by atoms with Crippen molar-refractivity contribution in [3.05, 3.63) is 46.4 Å². The lowest BCUT2D eigenvalue weighted by molar-refractivity contribution is 0.311. The van der Waals surface area contributed by atoms with Crippen LogP contribution in [0.5, 0.6) is 11.5 Å². The van der Waals surface area contributed by atoms with Crippen LogP contribution in [0.1, 0.15) is 29.7 Å². The number of hydrogen-bond acceptors (Lipinski definition) is 8. The molecular weight excluding hydrogens is 392 g/mol. The van der Waals surface area contributed by atoms with Crippen LogP contribution in [0.15, 0.2) is 28.6 Å².